The van der Waals surface area contributed by atoms with E-state index in [-0.39, 0.29) is 0 Å². The SMILES string of the molecule is O=Cc1cnc2ncc(Br)n2c1. The number of hydrogen-bond donors (Lipinski definition) is 0. The molecule has 0 amide bonds. The molecule has 0 aromatic carbocycles. The number of halogens is 1. The minimum atomic E-state index is 0.529. The number of aldehydes is 1. The van der Waals surface area contributed by atoms with Gasteiger partial charge in [-0.2, -0.15) is 0 Å². The standard InChI is InChI=1S/C7H4BrN3O/c8-6-2-10-7-9-1-5(4-12)3-11(6)7/h1-4H. The van der Waals surface area contributed by atoms with E-state index in [4.69, 9.17) is 0 Å². The predicted octanol–water partition coefficient (Wildman–Crippen LogP) is 1.30. The van der Waals surface area contributed by atoms with Crippen molar-refractivity contribution in [3.8, 4) is 0 Å². The number of rotatable bonds is 1. The number of carbonyl (C=O) groups is 1. The summed E-state index contributed by atoms with van der Waals surface area (Å²) in [6.07, 6.45) is 5.55. The van der Waals surface area contributed by atoms with Gasteiger partial charge in [-0.1, -0.05) is 0 Å². The molecule has 2 heterocycles. The van der Waals surface area contributed by atoms with Gasteiger partial charge in [-0.25, -0.2) is 9.97 Å². The first kappa shape index (κ1) is 7.42. The number of nitrogens with zero attached hydrogens (tertiary/aromatic N) is 3. The molecular formula is C7H4BrN3O. The molecule has 2 aromatic heterocycles. The van der Waals surface area contributed by atoms with E-state index in [9.17, 15) is 4.79 Å². The maximum atomic E-state index is 10.4. The molecule has 0 unspecified atom stereocenters. The third-order valence-electron chi connectivity index (χ3n) is 1.48. The van der Waals surface area contributed by atoms with Crippen LogP contribution in [0.2, 0.25) is 0 Å². The maximum Gasteiger partial charge on any atom is 0.234 e. The second-order valence-electron chi connectivity index (χ2n) is 2.26. The lowest BCUT2D eigenvalue weighted by Gasteiger charge is -1.93. The highest BCUT2D eigenvalue weighted by Crippen LogP contribution is 2.10. The molecule has 0 saturated heterocycles. The molecule has 0 aliphatic heterocycles. The molecule has 0 bridgehead atoms. The molecule has 0 fully saturated rings. The Morgan fingerprint density at radius 3 is 2.92 bits per heavy atom. The number of carbonyl (C=O) groups excluding carboxylic acids is 1. The van der Waals surface area contributed by atoms with Crippen LogP contribution in [0.4, 0.5) is 0 Å². The zero-order valence-electron chi connectivity index (χ0n) is 5.94. The number of hydrogen-bond acceptors (Lipinski definition) is 3. The predicted molar refractivity (Wildman–Crippen MR) is 46.1 cm³/mol. The first-order chi connectivity index (χ1) is 5.81. The first-order valence-electron chi connectivity index (χ1n) is 3.25. The molecule has 0 spiro atoms. The van der Waals surface area contributed by atoms with E-state index in [1.54, 1.807) is 16.8 Å². The summed E-state index contributed by atoms with van der Waals surface area (Å²) in [5, 5.41) is 0. The van der Waals surface area contributed by atoms with Crippen molar-refractivity contribution in [1.82, 2.24) is 14.4 Å². The fraction of sp³-hybridized carbons (Fsp3) is 0. The average Bonchev–Trinajstić information content (AvgIpc) is 2.47. The van der Waals surface area contributed by atoms with E-state index in [1.165, 1.54) is 6.20 Å². The van der Waals surface area contributed by atoms with Crippen LogP contribution in [0.3, 0.4) is 0 Å². The fourth-order valence-corrected chi connectivity index (χ4v) is 1.28. The van der Waals surface area contributed by atoms with Crippen molar-refractivity contribution in [1.29, 1.82) is 0 Å². The van der Waals surface area contributed by atoms with Crippen LogP contribution in [0.15, 0.2) is 23.2 Å². The average molecular weight is 226 g/mol. The van der Waals surface area contributed by atoms with E-state index in [2.05, 4.69) is 25.9 Å². The van der Waals surface area contributed by atoms with Crippen molar-refractivity contribution in [2.24, 2.45) is 0 Å². The van der Waals surface area contributed by atoms with Gasteiger partial charge in [0.15, 0.2) is 6.29 Å². The molecule has 0 aliphatic rings. The van der Waals surface area contributed by atoms with E-state index < -0.39 is 0 Å². The summed E-state index contributed by atoms with van der Waals surface area (Å²) < 4.78 is 2.48. The Labute approximate surface area is 76.4 Å². The normalized spacial score (nSPS) is 10.4. The molecule has 0 aliphatic carbocycles. The molecule has 0 radical (unpaired) electrons. The van der Waals surface area contributed by atoms with Crippen molar-refractivity contribution in [3.05, 3.63) is 28.8 Å². The third kappa shape index (κ3) is 1.02. The Balaban J connectivity index is 2.79. The van der Waals surface area contributed by atoms with E-state index in [1.807, 2.05) is 0 Å². The van der Waals surface area contributed by atoms with Crippen molar-refractivity contribution in [2.45, 2.75) is 0 Å². The second-order valence-corrected chi connectivity index (χ2v) is 3.07. The van der Waals surface area contributed by atoms with Gasteiger partial charge < -0.3 is 0 Å². The smallest absolute Gasteiger partial charge is 0.234 e. The molecule has 12 heavy (non-hydrogen) atoms. The lowest BCUT2D eigenvalue weighted by atomic mass is 10.4. The first-order valence-corrected chi connectivity index (χ1v) is 4.04. The van der Waals surface area contributed by atoms with Crippen LogP contribution in [0.1, 0.15) is 10.4 Å². The summed E-state index contributed by atoms with van der Waals surface area (Å²) in [7, 11) is 0. The third-order valence-corrected chi connectivity index (χ3v) is 2.06. The van der Waals surface area contributed by atoms with Gasteiger partial charge in [0.2, 0.25) is 5.78 Å². The van der Waals surface area contributed by atoms with E-state index in [0.717, 1.165) is 10.9 Å². The van der Waals surface area contributed by atoms with Crippen LogP contribution in [-0.2, 0) is 0 Å². The van der Waals surface area contributed by atoms with Gasteiger partial charge in [0.05, 0.1) is 6.20 Å². The zero-order chi connectivity index (χ0) is 8.55. The summed E-state index contributed by atoms with van der Waals surface area (Å²) in [5.74, 6) is 0.576. The van der Waals surface area contributed by atoms with Gasteiger partial charge in [0.1, 0.15) is 4.60 Å². The minimum Gasteiger partial charge on any atom is -0.298 e. The van der Waals surface area contributed by atoms with Gasteiger partial charge in [0, 0.05) is 18.0 Å². The van der Waals surface area contributed by atoms with Crippen molar-refractivity contribution < 1.29 is 4.79 Å². The molecule has 0 N–H and O–H groups in total. The van der Waals surface area contributed by atoms with Crippen molar-refractivity contribution in [3.63, 3.8) is 0 Å². The second kappa shape index (κ2) is 2.67. The monoisotopic (exact) mass is 225 g/mol. The minimum absolute atomic E-state index is 0.529. The highest BCUT2D eigenvalue weighted by atomic mass is 79.9. The topological polar surface area (TPSA) is 47.3 Å². The van der Waals surface area contributed by atoms with Crippen molar-refractivity contribution in [2.75, 3.05) is 0 Å². The fourth-order valence-electron chi connectivity index (χ4n) is 0.921. The van der Waals surface area contributed by atoms with Crippen LogP contribution >= 0.6 is 15.9 Å². The molecule has 60 valence electrons. The van der Waals surface area contributed by atoms with Gasteiger partial charge in [-0.15, -0.1) is 0 Å². The largest absolute Gasteiger partial charge is 0.298 e. The lowest BCUT2D eigenvalue weighted by molar-refractivity contribution is 0.112. The van der Waals surface area contributed by atoms with E-state index in [0.29, 0.717) is 11.3 Å². The Kier molecular flexibility index (Phi) is 1.65. The van der Waals surface area contributed by atoms with Gasteiger partial charge in [0.25, 0.3) is 0 Å². The van der Waals surface area contributed by atoms with Gasteiger partial charge in [-0.05, 0) is 15.9 Å². The van der Waals surface area contributed by atoms with Crippen LogP contribution in [0.5, 0.6) is 0 Å². The Hall–Kier alpha value is -1.23. The highest BCUT2D eigenvalue weighted by Gasteiger charge is 2.00. The summed E-state index contributed by atoms with van der Waals surface area (Å²) >= 11 is 3.27. The van der Waals surface area contributed by atoms with Crippen LogP contribution in [0.25, 0.3) is 5.78 Å². The number of imidazole rings is 1. The van der Waals surface area contributed by atoms with E-state index >= 15 is 0 Å². The lowest BCUT2D eigenvalue weighted by Crippen LogP contribution is -1.91. The molecule has 5 heteroatoms. The maximum absolute atomic E-state index is 10.4. The summed E-state index contributed by atoms with van der Waals surface area (Å²) in [5.41, 5.74) is 0.529. The molecule has 2 aromatic rings. The Bertz CT molecular complexity index is 437. The van der Waals surface area contributed by atoms with Gasteiger partial charge in [-0.3, -0.25) is 9.20 Å². The highest BCUT2D eigenvalue weighted by molar-refractivity contribution is 9.10. The Morgan fingerprint density at radius 1 is 1.42 bits per heavy atom. The number of fused-ring (bicyclic) bond motifs is 1. The van der Waals surface area contributed by atoms with Crippen molar-refractivity contribution >= 4 is 28.0 Å². The molecule has 2 rings (SSSR count). The molecular weight excluding hydrogens is 222 g/mol. The zero-order valence-corrected chi connectivity index (χ0v) is 7.52. The summed E-state index contributed by atoms with van der Waals surface area (Å²) in [6.45, 7) is 0. The summed E-state index contributed by atoms with van der Waals surface area (Å²) in [6, 6.07) is 0. The quantitative estimate of drug-likeness (QED) is 0.688. The van der Waals surface area contributed by atoms with Crippen LogP contribution in [-0.4, -0.2) is 20.7 Å². The molecule has 0 saturated carbocycles. The van der Waals surface area contributed by atoms with Gasteiger partial charge >= 0.3 is 0 Å². The van der Waals surface area contributed by atoms with Crippen LogP contribution in [0, 0.1) is 0 Å². The Morgan fingerprint density at radius 2 is 2.17 bits per heavy atom. The molecule has 4 nitrogen and oxygen atoms in total. The number of aromatic nitrogens is 3. The van der Waals surface area contributed by atoms with Crippen LogP contribution < -0.4 is 0 Å². The summed E-state index contributed by atoms with van der Waals surface area (Å²) in [4.78, 5) is 18.3. The molecule has 0 atom stereocenters.